The van der Waals surface area contributed by atoms with Crippen molar-refractivity contribution in [2.75, 3.05) is 5.32 Å². The predicted molar refractivity (Wildman–Crippen MR) is 95.2 cm³/mol. The second-order valence-corrected chi connectivity index (χ2v) is 6.67. The highest BCUT2D eigenvalue weighted by molar-refractivity contribution is 6.35. The van der Waals surface area contributed by atoms with Crippen molar-refractivity contribution >= 4 is 34.1 Å². The Kier molecular flexibility index (Phi) is 3.78. The normalized spacial score (nSPS) is 18.5. The number of fused-ring (bicyclic) bond motifs is 1. The molecule has 0 bridgehead atoms. The summed E-state index contributed by atoms with van der Waals surface area (Å²) in [6, 6.07) is 7.21. The van der Waals surface area contributed by atoms with Crippen LogP contribution in [0.5, 0.6) is 0 Å². The van der Waals surface area contributed by atoms with Crippen molar-refractivity contribution in [3.63, 3.8) is 0 Å². The first-order valence-corrected chi connectivity index (χ1v) is 8.33. The molecule has 0 spiro atoms. The van der Waals surface area contributed by atoms with E-state index < -0.39 is 5.76 Å². The number of hydrogen-bond donors (Lipinski definition) is 1. The number of nitrogens with one attached hydrogen (secondary N) is 1. The Morgan fingerprint density at radius 1 is 1.46 bits per heavy atom. The summed E-state index contributed by atoms with van der Waals surface area (Å²) in [4.78, 5) is 28.2. The van der Waals surface area contributed by atoms with Gasteiger partial charge in [-0.15, -0.1) is 0 Å². The molecule has 0 radical (unpaired) electrons. The lowest BCUT2D eigenvalue weighted by atomic mass is 10.1. The molecular formula is C18H13ClN4O3. The first kappa shape index (κ1) is 16.4. The molecule has 2 unspecified atom stereocenters. The topological polar surface area (TPSA) is 101 Å². The van der Waals surface area contributed by atoms with Crippen LogP contribution in [0.3, 0.4) is 0 Å². The number of aryl methyl sites for hydroxylation is 1. The van der Waals surface area contributed by atoms with Gasteiger partial charge in [0, 0.05) is 11.6 Å². The molecule has 2 aromatic heterocycles. The lowest BCUT2D eigenvalue weighted by Crippen LogP contribution is -2.15. The van der Waals surface area contributed by atoms with Gasteiger partial charge in [0.15, 0.2) is 0 Å². The number of oxazole rings is 1. The lowest BCUT2D eigenvalue weighted by molar-refractivity contribution is -0.117. The Hall–Kier alpha value is -3.11. The zero-order valence-corrected chi connectivity index (χ0v) is 14.4. The van der Waals surface area contributed by atoms with Crippen molar-refractivity contribution < 1.29 is 9.21 Å². The lowest BCUT2D eigenvalue weighted by Gasteiger charge is -2.09. The number of amides is 1. The maximum atomic E-state index is 12.1. The zero-order valence-electron chi connectivity index (χ0n) is 13.7. The number of halogens is 1. The van der Waals surface area contributed by atoms with Crippen LogP contribution in [0.4, 0.5) is 5.82 Å². The first-order valence-electron chi connectivity index (χ1n) is 7.95. The maximum Gasteiger partial charge on any atom is 0.423 e. The molecule has 2 atom stereocenters. The summed E-state index contributed by atoms with van der Waals surface area (Å²) in [5.74, 6) is -0.841. The van der Waals surface area contributed by atoms with Crippen LogP contribution < -0.4 is 11.1 Å². The first-order chi connectivity index (χ1) is 12.5. The van der Waals surface area contributed by atoms with Crippen LogP contribution in [0.2, 0.25) is 5.02 Å². The SMILES string of the molecule is Cc1coc(=O)n1-c1cc(Cl)c2cnc(NC(=O)C3CC3C#N)cc2c1. The molecule has 26 heavy (non-hydrogen) atoms. The fourth-order valence-electron chi connectivity index (χ4n) is 2.94. The zero-order chi connectivity index (χ0) is 18.4. The molecule has 4 rings (SSSR count). The Morgan fingerprint density at radius 3 is 2.92 bits per heavy atom. The summed E-state index contributed by atoms with van der Waals surface area (Å²) in [7, 11) is 0. The molecule has 1 saturated carbocycles. The van der Waals surface area contributed by atoms with Crippen molar-refractivity contribution in [1.29, 1.82) is 5.26 Å². The van der Waals surface area contributed by atoms with Crippen molar-refractivity contribution in [1.82, 2.24) is 9.55 Å². The van der Waals surface area contributed by atoms with Gasteiger partial charge in [0.25, 0.3) is 0 Å². The highest BCUT2D eigenvalue weighted by atomic mass is 35.5. The molecule has 1 fully saturated rings. The fourth-order valence-corrected chi connectivity index (χ4v) is 3.21. The summed E-state index contributed by atoms with van der Waals surface area (Å²) < 4.78 is 6.31. The van der Waals surface area contributed by atoms with Gasteiger partial charge in [-0.2, -0.15) is 5.26 Å². The Morgan fingerprint density at radius 2 is 2.27 bits per heavy atom. The molecule has 1 aliphatic carbocycles. The number of carbonyl (C=O) groups is 1. The highest BCUT2D eigenvalue weighted by Gasteiger charge is 2.43. The van der Waals surface area contributed by atoms with Crippen LogP contribution in [-0.4, -0.2) is 15.5 Å². The second kappa shape index (κ2) is 6.00. The maximum absolute atomic E-state index is 12.1. The molecule has 1 aliphatic rings. The standard InChI is InChI=1S/C18H13ClN4O3/c1-9-8-26-18(25)23(9)12-2-10-4-16(21-7-14(10)15(19)5-12)22-17(24)13-3-11(13)6-20/h2,4-5,7-8,11,13H,3H2,1H3,(H,21,22,24). The van der Waals surface area contributed by atoms with Gasteiger partial charge in [-0.1, -0.05) is 11.6 Å². The molecule has 0 saturated heterocycles. The van der Waals surface area contributed by atoms with Gasteiger partial charge < -0.3 is 9.73 Å². The van der Waals surface area contributed by atoms with E-state index in [1.165, 1.54) is 10.8 Å². The van der Waals surface area contributed by atoms with E-state index in [4.69, 9.17) is 21.3 Å². The van der Waals surface area contributed by atoms with Gasteiger partial charge in [-0.05, 0) is 36.9 Å². The van der Waals surface area contributed by atoms with E-state index in [9.17, 15) is 9.59 Å². The predicted octanol–water partition coefficient (Wildman–Crippen LogP) is 3.04. The molecule has 3 aromatic rings. The average Bonchev–Trinajstić information content (AvgIpc) is 3.33. The number of rotatable bonds is 3. The van der Waals surface area contributed by atoms with E-state index in [-0.39, 0.29) is 17.7 Å². The molecule has 8 heteroatoms. The van der Waals surface area contributed by atoms with Crippen LogP contribution in [0.15, 0.2) is 39.9 Å². The van der Waals surface area contributed by atoms with Crippen LogP contribution in [0.1, 0.15) is 12.1 Å². The summed E-state index contributed by atoms with van der Waals surface area (Å²) >= 11 is 6.33. The number of pyridine rings is 1. The molecule has 1 amide bonds. The van der Waals surface area contributed by atoms with Crippen LogP contribution in [0.25, 0.3) is 16.5 Å². The third-order valence-corrected chi connectivity index (χ3v) is 4.75. The van der Waals surface area contributed by atoms with Crippen molar-refractivity contribution in [2.24, 2.45) is 11.8 Å². The van der Waals surface area contributed by atoms with Crippen LogP contribution in [-0.2, 0) is 4.79 Å². The molecule has 130 valence electrons. The summed E-state index contributed by atoms with van der Waals surface area (Å²) in [5.41, 5.74) is 1.21. The Labute approximate surface area is 152 Å². The monoisotopic (exact) mass is 368 g/mol. The number of nitrogens with zero attached hydrogens (tertiary/aromatic N) is 3. The minimum atomic E-state index is -0.503. The van der Waals surface area contributed by atoms with Crippen LogP contribution >= 0.6 is 11.6 Å². The van der Waals surface area contributed by atoms with E-state index in [1.54, 1.807) is 31.3 Å². The second-order valence-electron chi connectivity index (χ2n) is 6.26. The number of aromatic nitrogens is 2. The average molecular weight is 369 g/mol. The summed E-state index contributed by atoms with van der Waals surface area (Å²) in [6.45, 7) is 1.75. The van der Waals surface area contributed by atoms with Gasteiger partial charge in [0.2, 0.25) is 5.91 Å². The van der Waals surface area contributed by atoms with Crippen LogP contribution in [0, 0.1) is 30.1 Å². The molecule has 1 N–H and O–H groups in total. The minimum absolute atomic E-state index is 0.215. The van der Waals surface area contributed by atoms with Crippen molar-refractivity contribution in [3.8, 4) is 11.8 Å². The third-order valence-electron chi connectivity index (χ3n) is 4.44. The van der Waals surface area contributed by atoms with Gasteiger partial charge in [-0.25, -0.2) is 14.3 Å². The molecule has 1 aromatic carbocycles. The van der Waals surface area contributed by atoms with E-state index in [0.717, 1.165) is 5.39 Å². The minimum Gasteiger partial charge on any atom is -0.416 e. The molecule has 2 heterocycles. The number of anilines is 1. The fraction of sp³-hybridized carbons (Fsp3) is 0.222. The van der Waals surface area contributed by atoms with Gasteiger partial charge in [0.1, 0.15) is 12.1 Å². The molecular weight excluding hydrogens is 356 g/mol. The quantitative estimate of drug-likeness (QED) is 0.765. The van der Waals surface area contributed by atoms with Crippen molar-refractivity contribution in [2.45, 2.75) is 13.3 Å². The number of nitriles is 1. The van der Waals surface area contributed by atoms with Gasteiger partial charge in [-0.3, -0.25) is 4.79 Å². The van der Waals surface area contributed by atoms with Gasteiger partial charge in [0.05, 0.1) is 34.3 Å². The Bertz CT molecular complexity index is 1140. The molecule has 7 nitrogen and oxygen atoms in total. The van der Waals surface area contributed by atoms with E-state index >= 15 is 0 Å². The highest BCUT2D eigenvalue weighted by Crippen LogP contribution is 2.38. The van der Waals surface area contributed by atoms with Gasteiger partial charge >= 0.3 is 5.76 Å². The number of benzene rings is 1. The summed E-state index contributed by atoms with van der Waals surface area (Å²) in [6.07, 6.45) is 3.52. The number of hydrogen-bond acceptors (Lipinski definition) is 5. The smallest absolute Gasteiger partial charge is 0.416 e. The Balaban J connectivity index is 1.72. The van der Waals surface area contributed by atoms with E-state index in [1.807, 2.05) is 0 Å². The number of carbonyl (C=O) groups excluding carboxylic acids is 1. The van der Waals surface area contributed by atoms with E-state index in [2.05, 4.69) is 16.4 Å². The van der Waals surface area contributed by atoms with Crippen molar-refractivity contribution in [3.05, 3.63) is 51.9 Å². The van der Waals surface area contributed by atoms with E-state index in [0.29, 0.717) is 34.0 Å². The largest absolute Gasteiger partial charge is 0.423 e. The summed E-state index contributed by atoms with van der Waals surface area (Å²) in [5, 5.41) is 13.4. The molecule has 0 aliphatic heterocycles. The third kappa shape index (κ3) is 2.74.